The number of nitro groups is 3. The Morgan fingerprint density at radius 3 is 0.825 bits per heavy atom. The SMILES string of the molecule is O=C(Nc1ccccc1)c1cc([N+](=O)[O-])ccc1Cl.O=C(Nc1ccccc1)c1cc([N+](=O)[O-])ccc1Cl.O=C(Nc1ccccc1)c1cc([N+](=O)[O-])ccc1Cl. The van der Waals surface area contributed by atoms with Crippen molar-refractivity contribution in [1.82, 2.24) is 0 Å². The number of amides is 3. The molecule has 15 nitrogen and oxygen atoms in total. The fraction of sp³-hybridized carbons (Fsp3) is 0. The number of para-hydroxylation sites is 3. The zero-order valence-corrected chi connectivity index (χ0v) is 31.3. The number of nitro benzene ring substituents is 3. The fourth-order valence-corrected chi connectivity index (χ4v) is 5.17. The third-order valence-corrected chi connectivity index (χ3v) is 8.30. The van der Waals surface area contributed by atoms with Crippen LogP contribution in [-0.4, -0.2) is 32.5 Å². The highest BCUT2D eigenvalue weighted by atomic mass is 35.5. The molecule has 0 aliphatic heterocycles. The summed E-state index contributed by atoms with van der Waals surface area (Å²) in [5.41, 5.74) is 1.45. The second kappa shape index (κ2) is 20.5. The molecule has 288 valence electrons. The lowest BCUT2D eigenvalue weighted by atomic mass is 10.2. The van der Waals surface area contributed by atoms with Crippen molar-refractivity contribution in [3.05, 3.63) is 208 Å². The van der Waals surface area contributed by atoms with Gasteiger partial charge in [-0.15, -0.1) is 0 Å². The molecule has 0 aliphatic carbocycles. The predicted octanol–water partition coefficient (Wildman–Crippen LogP) is 10.5. The van der Waals surface area contributed by atoms with Crippen molar-refractivity contribution in [2.45, 2.75) is 0 Å². The summed E-state index contributed by atoms with van der Waals surface area (Å²) in [6.07, 6.45) is 0. The Balaban J connectivity index is 0.000000189. The number of nitrogens with one attached hydrogen (secondary N) is 3. The minimum absolute atomic E-state index is 0.0692. The van der Waals surface area contributed by atoms with Crippen molar-refractivity contribution in [3.63, 3.8) is 0 Å². The number of nitrogens with zero attached hydrogens (tertiary/aromatic N) is 3. The molecular formula is C39H27Cl3N6O9. The highest BCUT2D eigenvalue weighted by Crippen LogP contribution is 2.25. The molecule has 0 unspecified atom stereocenters. The number of anilines is 3. The lowest BCUT2D eigenvalue weighted by Gasteiger charge is -2.06. The van der Waals surface area contributed by atoms with Gasteiger partial charge in [-0.3, -0.25) is 44.7 Å². The maximum Gasteiger partial charge on any atom is 0.270 e. The van der Waals surface area contributed by atoms with Crippen molar-refractivity contribution in [2.24, 2.45) is 0 Å². The van der Waals surface area contributed by atoms with Crippen LogP contribution in [0.2, 0.25) is 15.1 Å². The second-order valence-corrected chi connectivity index (χ2v) is 12.4. The molecule has 18 heteroatoms. The van der Waals surface area contributed by atoms with Gasteiger partial charge < -0.3 is 16.0 Å². The van der Waals surface area contributed by atoms with E-state index in [1.54, 1.807) is 72.8 Å². The zero-order chi connectivity index (χ0) is 41.5. The van der Waals surface area contributed by atoms with Gasteiger partial charge in [-0.2, -0.15) is 0 Å². The van der Waals surface area contributed by atoms with Crippen LogP contribution in [-0.2, 0) is 0 Å². The molecule has 0 aliphatic rings. The maximum atomic E-state index is 12.0. The van der Waals surface area contributed by atoms with Crippen LogP contribution < -0.4 is 16.0 Å². The Morgan fingerprint density at radius 2 is 0.614 bits per heavy atom. The first-order chi connectivity index (χ1) is 27.2. The average Bonchev–Trinajstić information content (AvgIpc) is 3.19. The van der Waals surface area contributed by atoms with E-state index in [-0.39, 0.29) is 48.8 Å². The molecule has 0 bridgehead atoms. The molecule has 6 rings (SSSR count). The third kappa shape index (κ3) is 12.7. The molecule has 0 atom stereocenters. The van der Waals surface area contributed by atoms with Gasteiger partial charge in [-0.05, 0) is 54.6 Å². The number of carbonyl (C=O) groups is 3. The van der Waals surface area contributed by atoms with Gasteiger partial charge in [0.2, 0.25) is 0 Å². The second-order valence-electron chi connectivity index (χ2n) is 11.2. The highest BCUT2D eigenvalue weighted by Gasteiger charge is 2.18. The number of non-ortho nitro benzene ring substituents is 3. The summed E-state index contributed by atoms with van der Waals surface area (Å²) in [4.78, 5) is 66.3. The first-order valence-electron chi connectivity index (χ1n) is 16.1. The number of benzene rings is 6. The zero-order valence-electron chi connectivity index (χ0n) is 29.0. The van der Waals surface area contributed by atoms with Crippen molar-refractivity contribution >= 4 is 86.6 Å². The molecular weight excluding hydrogens is 803 g/mol. The van der Waals surface area contributed by atoms with E-state index in [1.165, 1.54) is 36.4 Å². The predicted molar refractivity (Wildman–Crippen MR) is 218 cm³/mol. The average molecular weight is 830 g/mol. The first kappa shape index (κ1) is 42.5. The van der Waals surface area contributed by atoms with E-state index >= 15 is 0 Å². The molecule has 0 radical (unpaired) electrons. The van der Waals surface area contributed by atoms with Crippen LogP contribution in [0.5, 0.6) is 0 Å². The summed E-state index contributed by atoms with van der Waals surface area (Å²) in [5, 5.41) is 40.4. The molecule has 57 heavy (non-hydrogen) atoms. The molecule has 3 N–H and O–H groups in total. The lowest BCUT2D eigenvalue weighted by Crippen LogP contribution is -2.12. The Bertz CT molecular complexity index is 2160. The van der Waals surface area contributed by atoms with E-state index in [4.69, 9.17) is 34.8 Å². The van der Waals surface area contributed by atoms with E-state index in [0.717, 1.165) is 18.2 Å². The van der Waals surface area contributed by atoms with Crippen LogP contribution in [0, 0.1) is 30.3 Å². The van der Waals surface area contributed by atoms with E-state index in [0.29, 0.717) is 17.1 Å². The molecule has 0 spiro atoms. The summed E-state index contributed by atoms with van der Waals surface area (Å²) >= 11 is 17.6. The largest absolute Gasteiger partial charge is 0.322 e. The van der Waals surface area contributed by atoms with Gasteiger partial charge in [0.15, 0.2) is 0 Å². The van der Waals surface area contributed by atoms with E-state index in [9.17, 15) is 44.7 Å². The van der Waals surface area contributed by atoms with Crippen molar-refractivity contribution in [2.75, 3.05) is 16.0 Å². The number of hydrogen-bond donors (Lipinski definition) is 3. The van der Waals surface area contributed by atoms with Gasteiger partial charge in [0.05, 0.1) is 46.5 Å². The van der Waals surface area contributed by atoms with E-state index in [1.807, 2.05) is 18.2 Å². The maximum absolute atomic E-state index is 12.0. The molecule has 6 aromatic rings. The number of carbonyl (C=O) groups excluding carboxylic acids is 3. The van der Waals surface area contributed by atoms with E-state index in [2.05, 4.69) is 16.0 Å². The Morgan fingerprint density at radius 1 is 0.386 bits per heavy atom. The van der Waals surface area contributed by atoms with Gasteiger partial charge in [-0.1, -0.05) is 89.4 Å². The third-order valence-electron chi connectivity index (χ3n) is 7.31. The molecule has 0 saturated heterocycles. The van der Waals surface area contributed by atoms with Crippen LogP contribution in [0.4, 0.5) is 34.1 Å². The van der Waals surface area contributed by atoms with Crippen LogP contribution in [0.3, 0.4) is 0 Å². The molecule has 0 heterocycles. The summed E-state index contributed by atoms with van der Waals surface area (Å²) in [5.74, 6) is -1.46. The van der Waals surface area contributed by atoms with Crippen molar-refractivity contribution in [1.29, 1.82) is 0 Å². The summed E-state index contributed by atoms with van der Waals surface area (Å²) in [6, 6.07) is 37.5. The van der Waals surface area contributed by atoms with Gasteiger partial charge in [0.1, 0.15) is 0 Å². The Labute approximate surface area is 338 Å². The molecule has 3 amide bonds. The van der Waals surface area contributed by atoms with Crippen LogP contribution in [0.15, 0.2) is 146 Å². The van der Waals surface area contributed by atoms with Crippen LogP contribution in [0.1, 0.15) is 31.1 Å². The highest BCUT2D eigenvalue weighted by molar-refractivity contribution is 6.35. The van der Waals surface area contributed by atoms with Gasteiger partial charge in [0, 0.05) is 53.5 Å². The monoisotopic (exact) mass is 828 g/mol. The number of halogens is 3. The minimum atomic E-state index is -0.574. The minimum Gasteiger partial charge on any atom is -0.322 e. The van der Waals surface area contributed by atoms with Crippen LogP contribution in [0.25, 0.3) is 0 Å². The first-order valence-corrected chi connectivity index (χ1v) is 17.3. The molecule has 0 saturated carbocycles. The Kier molecular flexibility index (Phi) is 15.3. The van der Waals surface area contributed by atoms with E-state index < -0.39 is 32.5 Å². The number of hydrogen-bond acceptors (Lipinski definition) is 9. The van der Waals surface area contributed by atoms with Crippen LogP contribution >= 0.6 is 34.8 Å². The van der Waals surface area contributed by atoms with Crippen molar-refractivity contribution < 1.29 is 29.2 Å². The smallest absolute Gasteiger partial charge is 0.270 e. The van der Waals surface area contributed by atoms with Gasteiger partial charge in [-0.25, -0.2) is 0 Å². The topological polar surface area (TPSA) is 217 Å². The van der Waals surface area contributed by atoms with Crippen molar-refractivity contribution in [3.8, 4) is 0 Å². The lowest BCUT2D eigenvalue weighted by molar-refractivity contribution is -0.385. The number of rotatable bonds is 9. The molecule has 6 aromatic carbocycles. The standard InChI is InChI=1S/3C13H9ClN2O3/c3*14-12-7-6-10(16(18)19)8-11(12)13(17)15-9-4-2-1-3-5-9/h3*1-8H,(H,15,17). The summed E-state index contributed by atoms with van der Waals surface area (Å²) in [7, 11) is 0. The normalized spacial score (nSPS) is 9.95. The van der Waals surface area contributed by atoms with Gasteiger partial charge >= 0.3 is 0 Å². The molecule has 0 fully saturated rings. The fourth-order valence-electron chi connectivity index (χ4n) is 4.56. The summed E-state index contributed by atoms with van der Waals surface area (Å²) < 4.78 is 0. The molecule has 0 aromatic heterocycles. The summed E-state index contributed by atoms with van der Waals surface area (Å²) in [6.45, 7) is 0. The quantitative estimate of drug-likeness (QED) is 0.0931. The Hall–Kier alpha value is -7.20. The van der Waals surface area contributed by atoms with Gasteiger partial charge in [0.25, 0.3) is 34.8 Å².